The van der Waals surface area contributed by atoms with Crippen LogP contribution in [0, 0.1) is 17.0 Å². The van der Waals surface area contributed by atoms with Crippen LogP contribution in [0.4, 0.5) is 0 Å². The van der Waals surface area contributed by atoms with Gasteiger partial charge in [0, 0.05) is 4.88 Å². The highest BCUT2D eigenvalue weighted by atomic mass is 32.1. The minimum absolute atomic E-state index is 0.356. The van der Waals surface area contributed by atoms with Gasteiger partial charge in [-0.1, -0.05) is 0 Å². The lowest BCUT2D eigenvalue weighted by Gasteiger charge is -1.93. The first-order valence-electron chi connectivity index (χ1n) is 3.91. The highest BCUT2D eigenvalue weighted by molar-refractivity contribution is 7.11. The summed E-state index contributed by atoms with van der Waals surface area (Å²) in [6.07, 6.45) is 1.53. The molecule has 1 aromatic rings. The van der Waals surface area contributed by atoms with E-state index in [0.717, 1.165) is 10.4 Å². The van der Waals surface area contributed by atoms with Gasteiger partial charge in [-0.2, -0.15) is 5.10 Å². The van der Waals surface area contributed by atoms with E-state index in [1.165, 1.54) is 17.6 Å². The van der Waals surface area contributed by atoms with Crippen LogP contribution in [0.2, 0.25) is 0 Å². The van der Waals surface area contributed by atoms with Crippen molar-refractivity contribution in [2.24, 2.45) is 15.9 Å². The van der Waals surface area contributed by atoms with Crippen LogP contribution < -0.4 is 11.2 Å². The van der Waals surface area contributed by atoms with E-state index >= 15 is 0 Å². The zero-order valence-electron chi connectivity index (χ0n) is 7.88. The molecular formula is C7H9N5O2S. The standard InChI is InChI=1S/C7H9N5O2S/c1-5-2-3-15-6(5)4-9-10-7(8)11-12(13)14/h2-4H,1H3,(H3,8,10,11)/b9-4-. The SMILES string of the molecule is Cc1ccsc1/C=N\N/C(N)=N/[N+](=O)[O-]. The second kappa shape index (κ2) is 5.05. The van der Waals surface area contributed by atoms with Gasteiger partial charge in [0.15, 0.2) is 5.03 Å². The molecule has 0 radical (unpaired) electrons. The summed E-state index contributed by atoms with van der Waals surface area (Å²) in [7, 11) is 0. The predicted octanol–water partition coefficient (Wildman–Crippen LogP) is 0.486. The van der Waals surface area contributed by atoms with Gasteiger partial charge in [0.1, 0.15) is 5.10 Å². The van der Waals surface area contributed by atoms with Crippen LogP contribution in [0.1, 0.15) is 10.4 Å². The molecule has 0 amide bonds. The number of nitro groups is 1. The van der Waals surface area contributed by atoms with Gasteiger partial charge in [-0.15, -0.1) is 11.3 Å². The van der Waals surface area contributed by atoms with Crippen LogP contribution in [0.3, 0.4) is 0 Å². The van der Waals surface area contributed by atoms with Crippen LogP contribution in [0.5, 0.6) is 0 Å². The van der Waals surface area contributed by atoms with Crippen molar-refractivity contribution < 1.29 is 5.03 Å². The Kier molecular flexibility index (Phi) is 3.75. The molecule has 1 aromatic heterocycles. The number of hydrogen-bond acceptors (Lipinski definition) is 4. The second-order valence-corrected chi connectivity index (χ2v) is 3.51. The van der Waals surface area contributed by atoms with Gasteiger partial charge in [-0.05, 0) is 23.9 Å². The maximum Gasteiger partial charge on any atom is 0.286 e. The largest absolute Gasteiger partial charge is 0.363 e. The normalized spacial score (nSPS) is 11.9. The van der Waals surface area contributed by atoms with Gasteiger partial charge < -0.3 is 5.73 Å². The molecule has 0 atom stereocenters. The van der Waals surface area contributed by atoms with Crippen molar-refractivity contribution in [1.29, 1.82) is 0 Å². The van der Waals surface area contributed by atoms with E-state index in [1.807, 2.05) is 18.4 Å². The highest BCUT2D eigenvalue weighted by Gasteiger charge is 1.97. The van der Waals surface area contributed by atoms with Crippen molar-refractivity contribution in [2.45, 2.75) is 6.92 Å². The predicted molar refractivity (Wildman–Crippen MR) is 58.4 cm³/mol. The molecular weight excluding hydrogens is 218 g/mol. The maximum absolute atomic E-state index is 9.90. The number of hydrazone groups is 2. The first-order chi connectivity index (χ1) is 7.09. The first-order valence-corrected chi connectivity index (χ1v) is 4.79. The quantitative estimate of drug-likeness (QED) is 0.339. The Hall–Kier alpha value is -1.96. The molecule has 0 saturated carbocycles. The molecule has 0 unspecified atom stereocenters. The summed E-state index contributed by atoms with van der Waals surface area (Å²) >= 11 is 1.51. The minimum atomic E-state index is -0.895. The van der Waals surface area contributed by atoms with E-state index in [1.54, 1.807) is 0 Å². The Morgan fingerprint density at radius 2 is 2.53 bits per heavy atom. The average Bonchev–Trinajstić information content (AvgIpc) is 2.50. The zero-order chi connectivity index (χ0) is 11.3. The molecule has 3 N–H and O–H groups in total. The third kappa shape index (κ3) is 3.73. The number of thiophene rings is 1. The molecule has 0 aliphatic carbocycles. The second-order valence-electron chi connectivity index (χ2n) is 2.56. The summed E-state index contributed by atoms with van der Waals surface area (Å²) in [5.41, 5.74) is 8.46. The topological polar surface area (TPSA) is 106 Å². The minimum Gasteiger partial charge on any atom is -0.363 e. The van der Waals surface area contributed by atoms with E-state index < -0.39 is 5.03 Å². The van der Waals surface area contributed by atoms with Crippen LogP contribution in [0.25, 0.3) is 0 Å². The van der Waals surface area contributed by atoms with E-state index in [9.17, 15) is 10.1 Å². The lowest BCUT2D eigenvalue weighted by atomic mass is 10.3. The number of rotatable bonds is 3. The van der Waals surface area contributed by atoms with E-state index in [0.29, 0.717) is 0 Å². The fraction of sp³-hybridized carbons (Fsp3) is 0.143. The van der Waals surface area contributed by atoms with Crippen LogP contribution >= 0.6 is 11.3 Å². The van der Waals surface area contributed by atoms with Crippen molar-refractivity contribution in [3.05, 3.63) is 32.0 Å². The van der Waals surface area contributed by atoms with E-state index in [-0.39, 0.29) is 5.96 Å². The average molecular weight is 227 g/mol. The Labute approximate surface area is 89.4 Å². The van der Waals surface area contributed by atoms with Crippen molar-refractivity contribution >= 4 is 23.5 Å². The smallest absolute Gasteiger partial charge is 0.286 e. The summed E-state index contributed by atoms with van der Waals surface area (Å²) in [6.45, 7) is 1.94. The summed E-state index contributed by atoms with van der Waals surface area (Å²) in [4.78, 5) is 10.9. The molecule has 0 fully saturated rings. The lowest BCUT2D eigenvalue weighted by molar-refractivity contribution is -0.485. The maximum atomic E-state index is 9.90. The molecule has 1 rings (SSSR count). The van der Waals surface area contributed by atoms with Gasteiger partial charge in [-0.25, -0.2) is 15.5 Å². The number of nitrogens with two attached hydrogens (primary N) is 1. The number of nitrogens with one attached hydrogen (secondary N) is 1. The third-order valence-corrected chi connectivity index (χ3v) is 2.41. The van der Waals surface area contributed by atoms with Crippen LogP contribution in [-0.2, 0) is 0 Å². The molecule has 0 aromatic carbocycles. The van der Waals surface area contributed by atoms with Crippen LogP contribution in [0.15, 0.2) is 21.6 Å². The van der Waals surface area contributed by atoms with Crippen molar-refractivity contribution in [3.63, 3.8) is 0 Å². The molecule has 80 valence electrons. The van der Waals surface area contributed by atoms with Gasteiger partial charge in [0.05, 0.1) is 6.21 Å². The highest BCUT2D eigenvalue weighted by Crippen LogP contribution is 2.11. The monoisotopic (exact) mass is 227 g/mol. The zero-order valence-corrected chi connectivity index (χ0v) is 8.69. The molecule has 0 spiro atoms. The molecule has 0 saturated heterocycles. The molecule has 15 heavy (non-hydrogen) atoms. The Morgan fingerprint density at radius 3 is 3.07 bits per heavy atom. The summed E-state index contributed by atoms with van der Waals surface area (Å²) in [5.74, 6) is -0.356. The van der Waals surface area contributed by atoms with Crippen LogP contribution in [-0.4, -0.2) is 17.2 Å². The van der Waals surface area contributed by atoms with Gasteiger partial charge >= 0.3 is 0 Å². The molecule has 0 bridgehead atoms. The fourth-order valence-corrected chi connectivity index (χ4v) is 1.57. The number of nitrogens with zero attached hydrogens (tertiary/aromatic N) is 3. The molecule has 7 nitrogen and oxygen atoms in total. The van der Waals surface area contributed by atoms with Crippen molar-refractivity contribution in [1.82, 2.24) is 5.43 Å². The summed E-state index contributed by atoms with van der Waals surface area (Å²) in [5, 5.41) is 17.4. The summed E-state index contributed by atoms with van der Waals surface area (Å²) in [6, 6.07) is 1.94. The first kappa shape index (κ1) is 11.1. The van der Waals surface area contributed by atoms with Crippen molar-refractivity contribution in [2.75, 3.05) is 0 Å². The number of aryl methyl sites for hydroxylation is 1. The Bertz CT molecular complexity index is 411. The van der Waals surface area contributed by atoms with Gasteiger partial charge in [0.25, 0.3) is 5.96 Å². The lowest BCUT2D eigenvalue weighted by Crippen LogP contribution is -2.28. The third-order valence-electron chi connectivity index (χ3n) is 1.45. The Morgan fingerprint density at radius 1 is 1.80 bits per heavy atom. The van der Waals surface area contributed by atoms with E-state index in [4.69, 9.17) is 5.73 Å². The fourth-order valence-electron chi connectivity index (χ4n) is 0.784. The number of hydrogen-bond donors (Lipinski definition) is 2. The summed E-state index contributed by atoms with van der Waals surface area (Å²) < 4.78 is 0. The van der Waals surface area contributed by atoms with Crippen molar-refractivity contribution in [3.8, 4) is 0 Å². The Balaban J connectivity index is 2.54. The van der Waals surface area contributed by atoms with Gasteiger partial charge in [0.2, 0.25) is 0 Å². The molecule has 0 aliphatic rings. The number of guanidine groups is 1. The van der Waals surface area contributed by atoms with Gasteiger partial charge in [-0.3, -0.25) is 0 Å². The molecule has 0 aliphatic heterocycles. The molecule has 1 heterocycles. The molecule has 8 heteroatoms. The van der Waals surface area contributed by atoms with E-state index in [2.05, 4.69) is 15.6 Å².